The highest BCUT2D eigenvalue weighted by Gasteiger charge is 2.36. The molecule has 6 aliphatic rings. The molecule has 5 aliphatic heterocycles. The molecule has 22 nitrogen and oxygen atoms in total. The fourth-order valence-corrected chi connectivity index (χ4v) is 15.6. The van der Waals surface area contributed by atoms with Gasteiger partial charge in [0.1, 0.15) is 34.9 Å². The molecule has 6 fully saturated rings. The van der Waals surface area contributed by atoms with E-state index in [0.717, 1.165) is 159 Å². The number of pyridine rings is 3. The van der Waals surface area contributed by atoms with Crippen LogP contribution in [0.3, 0.4) is 0 Å². The lowest BCUT2D eigenvalue weighted by atomic mass is 9.80. The quantitative estimate of drug-likeness (QED) is 0.103. The molecule has 1 aliphatic carbocycles. The molecule has 1 saturated carbocycles. The number of morpholine rings is 3. The monoisotopic (exact) mass is 1530 g/mol. The summed E-state index contributed by atoms with van der Waals surface area (Å²) in [7, 11) is 5.62. The van der Waals surface area contributed by atoms with Crippen molar-refractivity contribution in [3.63, 3.8) is 0 Å². The van der Waals surface area contributed by atoms with E-state index < -0.39 is 17.5 Å². The zero-order chi connectivity index (χ0) is 79.9. The van der Waals surface area contributed by atoms with E-state index >= 15 is 8.78 Å². The van der Waals surface area contributed by atoms with Gasteiger partial charge in [-0.1, -0.05) is 75.2 Å². The highest BCUT2D eigenvalue weighted by Crippen LogP contribution is 2.42. The Morgan fingerprint density at radius 2 is 0.723 bits per heavy atom. The lowest BCUT2D eigenvalue weighted by Crippen LogP contribution is -2.36. The molecular formula is C87H114F3N17O5. The maximum atomic E-state index is 15.1. The fraction of sp³-hybridized carbons (Fsp3) is 0.494. The molecule has 6 aromatic heterocycles. The van der Waals surface area contributed by atoms with Crippen molar-refractivity contribution in [1.82, 2.24) is 54.1 Å². The number of carbonyl (C=O) groups excluding carboxylic acids is 2. The predicted molar refractivity (Wildman–Crippen MR) is 441 cm³/mol. The normalized spacial score (nSPS) is 17.7. The first-order chi connectivity index (χ1) is 53.3. The van der Waals surface area contributed by atoms with E-state index in [0.29, 0.717) is 83.1 Å². The number of nitrogens with one attached hydrogen (secondary N) is 2. The number of hydrogen-bond donors (Lipinski definition) is 3. The summed E-state index contributed by atoms with van der Waals surface area (Å²) in [6.45, 7) is 37.2. The van der Waals surface area contributed by atoms with Crippen LogP contribution in [0.5, 0.6) is 0 Å². The Balaban J connectivity index is 0.000000149. The molecule has 598 valence electrons. The second-order valence-electron chi connectivity index (χ2n) is 34.1. The van der Waals surface area contributed by atoms with Gasteiger partial charge in [0.15, 0.2) is 0 Å². The van der Waals surface area contributed by atoms with E-state index in [4.69, 9.17) is 34.9 Å². The summed E-state index contributed by atoms with van der Waals surface area (Å²) in [6.07, 6.45) is 19.0. The number of nitrogen functional groups attached to an aromatic ring is 1. The number of nitrogens with two attached hydrogens (primary N) is 1. The Morgan fingerprint density at radius 1 is 0.411 bits per heavy atom. The maximum Gasteiger partial charge on any atom is 0.321 e. The standard InChI is InChI=1S/2C29H37FN6O2.C20H22FN5O.C9H18/c2*1-19-12-24(30)26(33-28(37)36-7-6-22(18-36)29(2,3)4)15-23(19)20-13-25(21-16-31-34(5)17-21)32-27(14-20)35-8-10-38-11-9-35;1-13-7-17(21)18(22)10-16(13)14-8-19(15-11-23-25(2)12-15)24-20(9-14)26-3-5-27-6-4-26;1-9(2,3)8-6-4-5-7-8/h2*12-17,22H,6-11,18H2,1-5H3,(H,33,37);7-12H,3-6,22H2,1-2H3;8H,4-7H2,1-3H3/t22-;;;/m1.../s1. The number of nitrogens with zero attached hydrogens (tertiary/aromatic N) is 14. The van der Waals surface area contributed by atoms with Crippen LogP contribution < -0.4 is 31.1 Å². The number of aryl methyl sites for hydroxylation is 6. The molecule has 5 saturated heterocycles. The van der Waals surface area contributed by atoms with Gasteiger partial charge in [0.25, 0.3) is 0 Å². The van der Waals surface area contributed by atoms with E-state index in [-0.39, 0.29) is 40.0 Å². The largest absolute Gasteiger partial charge is 0.396 e. The number of anilines is 6. The van der Waals surface area contributed by atoms with Gasteiger partial charge in [0.05, 0.1) is 92.4 Å². The SMILES string of the molecule is CC(C)(C)C1CCCC1.Cc1cc(F)c(N)cc1-c1cc(-c2cnn(C)c2)nc(N2CCOCC2)c1.Cc1cc(F)c(NC(=O)N2CCC(C(C)(C)C)C2)cc1-c1cc(-c2cnn(C)c2)nc(N2CCOCC2)c1.Cc1cc(F)c(NC(=O)N2CC[C@@H](C(C)(C)C)C2)cc1-c1cc(-c2cnn(C)c2)nc(N2CCOCC2)c1. The third-order valence-electron chi connectivity index (χ3n) is 22.8. The number of hydrogen-bond acceptors (Lipinski definition) is 15. The molecule has 11 heterocycles. The Morgan fingerprint density at radius 3 is 1.01 bits per heavy atom. The van der Waals surface area contributed by atoms with Crippen molar-refractivity contribution in [2.75, 3.05) is 136 Å². The Labute approximate surface area is 658 Å². The summed E-state index contributed by atoms with van der Waals surface area (Å²) >= 11 is 0. The summed E-state index contributed by atoms with van der Waals surface area (Å²) in [4.78, 5) is 51.1. The topological polar surface area (TPSA) is 220 Å². The number of halogens is 3. The first-order valence-corrected chi connectivity index (χ1v) is 39.6. The lowest BCUT2D eigenvalue weighted by molar-refractivity contribution is 0.122. The second-order valence-corrected chi connectivity index (χ2v) is 34.1. The number of amides is 4. The van der Waals surface area contributed by atoms with Crippen LogP contribution in [0.15, 0.2) is 110 Å². The smallest absolute Gasteiger partial charge is 0.321 e. The van der Waals surface area contributed by atoms with E-state index in [2.05, 4.69) is 103 Å². The minimum atomic E-state index is -0.443. The van der Waals surface area contributed by atoms with E-state index in [1.165, 1.54) is 43.9 Å². The molecule has 0 bridgehead atoms. The van der Waals surface area contributed by atoms with Gasteiger partial charge in [-0.15, -0.1) is 0 Å². The van der Waals surface area contributed by atoms with Crippen LogP contribution in [0.1, 0.15) is 118 Å². The molecule has 0 radical (unpaired) electrons. The Kier molecular flexibility index (Phi) is 25.5. The van der Waals surface area contributed by atoms with Gasteiger partial charge in [-0.25, -0.2) is 37.7 Å². The summed E-state index contributed by atoms with van der Waals surface area (Å²) in [6, 6.07) is 21.2. The van der Waals surface area contributed by atoms with Gasteiger partial charge in [-0.05, 0) is 203 Å². The average Bonchev–Trinajstić information content (AvgIpc) is 0.815. The van der Waals surface area contributed by atoms with Crippen molar-refractivity contribution in [1.29, 1.82) is 0 Å². The number of urea groups is 2. The second kappa shape index (κ2) is 35.0. The van der Waals surface area contributed by atoms with Crippen LogP contribution in [0.25, 0.3) is 67.2 Å². The van der Waals surface area contributed by atoms with E-state index in [1.807, 2.05) is 96.9 Å². The van der Waals surface area contributed by atoms with Crippen LogP contribution in [0, 0.1) is 72.2 Å². The van der Waals surface area contributed by atoms with Crippen LogP contribution in [-0.2, 0) is 35.4 Å². The van der Waals surface area contributed by atoms with Crippen molar-refractivity contribution >= 4 is 46.6 Å². The van der Waals surface area contributed by atoms with Crippen molar-refractivity contribution in [3.8, 4) is 67.2 Å². The molecule has 3 aromatic carbocycles. The molecular weight excluding hydrogens is 1420 g/mol. The van der Waals surface area contributed by atoms with E-state index in [9.17, 15) is 14.0 Å². The number of ether oxygens (including phenoxy) is 3. The average molecular weight is 1530 g/mol. The van der Waals surface area contributed by atoms with Crippen LogP contribution in [0.2, 0.25) is 0 Å². The van der Waals surface area contributed by atoms with Crippen molar-refractivity contribution < 1.29 is 37.0 Å². The Bertz CT molecular complexity index is 4560. The first kappa shape index (κ1) is 81.6. The lowest BCUT2D eigenvalue weighted by Gasteiger charge is -2.28. The van der Waals surface area contributed by atoms with Gasteiger partial charge in [0, 0.05) is 122 Å². The predicted octanol–water partition coefficient (Wildman–Crippen LogP) is 16.9. The molecule has 4 amide bonds. The highest BCUT2D eigenvalue weighted by atomic mass is 19.1. The molecule has 4 N–H and O–H groups in total. The number of rotatable bonds is 11. The van der Waals surface area contributed by atoms with E-state index in [1.54, 1.807) is 60.6 Å². The number of carbonyl (C=O) groups is 2. The molecule has 0 spiro atoms. The van der Waals surface area contributed by atoms with Crippen LogP contribution >= 0.6 is 0 Å². The van der Waals surface area contributed by atoms with Crippen LogP contribution in [0.4, 0.5) is 57.3 Å². The Hall–Kier alpha value is -9.85. The zero-order valence-corrected chi connectivity index (χ0v) is 68.2. The summed E-state index contributed by atoms with van der Waals surface area (Å²) in [5, 5.41) is 18.6. The molecule has 1 unspecified atom stereocenters. The van der Waals surface area contributed by atoms with Gasteiger partial charge < -0.3 is 55.1 Å². The zero-order valence-electron chi connectivity index (χ0n) is 68.2. The van der Waals surface area contributed by atoms with Gasteiger partial charge in [0.2, 0.25) is 0 Å². The minimum absolute atomic E-state index is 0.128. The molecule has 15 rings (SSSR count). The highest BCUT2D eigenvalue weighted by molar-refractivity contribution is 5.92. The third-order valence-corrected chi connectivity index (χ3v) is 22.8. The maximum absolute atomic E-state index is 15.1. The molecule has 25 heteroatoms. The van der Waals surface area contributed by atoms with Gasteiger partial charge in [-0.3, -0.25) is 14.0 Å². The first-order valence-electron chi connectivity index (χ1n) is 39.6. The fourth-order valence-electron chi connectivity index (χ4n) is 15.6. The summed E-state index contributed by atoms with van der Waals surface area (Å²) < 4.78 is 65.8. The number of aromatic nitrogens is 9. The summed E-state index contributed by atoms with van der Waals surface area (Å²) in [5.74, 6) is 3.12. The minimum Gasteiger partial charge on any atom is -0.396 e. The van der Waals surface area contributed by atoms with Crippen molar-refractivity contribution in [2.45, 2.75) is 122 Å². The molecule has 9 aromatic rings. The molecule has 2 atom stereocenters. The van der Waals surface area contributed by atoms with Gasteiger partial charge >= 0.3 is 12.1 Å². The third kappa shape index (κ3) is 20.3. The molecule has 112 heavy (non-hydrogen) atoms. The van der Waals surface area contributed by atoms with Crippen molar-refractivity contribution in [3.05, 3.63) is 144 Å². The van der Waals surface area contributed by atoms with Crippen molar-refractivity contribution in [2.24, 2.45) is 55.1 Å². The summed E-state index contributed by atoms with van der Waals surface area (Å²) in [5.41, 5.74) is 20.1. The van der Waals surface area contributed by atoms with Crippen LogP contribution in [-0.4, -0.2) is 171 Å². The van der Waals surface area contributed by atoms with Gasteiger partial charge in [-0.2, -0.15) is 15.3 Å². The number of benzene rings is 3. The number of likely N-dealkylation sites (tertiary alicyclic amines) is 2.